The van der Waals surface area contributed by atoms with Gasteiger partial charge in [-0.2, -0.15) is 0 Å². The van der Waals surface area contributed by atoms with Gasteiger partial charge in [-0.15, -0.1) is 11.8 Å². The highest BCUT2D eigenvalue weighted by Gasteiger charge is 2.09. The molecule has 10 heteroatoms. The van der Waals surface area contributed by atoms with Crippen LogP contribution in [-0.4, -0.2) is 44.4 Å². The van der Waals surface area contributed by atoms with Gasteiger partial charge in [-0.1, -0.05) is 18.3 Å². The fourth-order valence-electron chi connectivity index (χ4n) is 2.31. The average molecular weight is 423 g/mol. The average Bonchev–Trinajstić information content (AvgIpc) is 3.06. The Morgan fingerprint density at radius 2 is 2.00 bits per heavy atom. The van der Waals surface area contributed by atoms with E-state index in [9.17, 15) is 4.21 Å². The normalized spacial score (nSPS) is 14.6. The number of aromatic nitrogens is 3. The number of thiazole rings is 1. The van der Waals surface area contributed by atoms with Crippen LogP contribution in [0.1, 0.15) is 6.92 Å². The Morgan fingerprint density at radius 1 is 1.30 bits per heavy atom. The van der Waals surface area contributed by atoms with Gasteiger partial charge in [0.05, 0.1) is 19.9 Å². The van der Waals surface area contributed by atoms with Gasteiger partial charge in [-0.25, -0.2) is 19.2 Å². The molecule has 0 amide bonds. The summed E-state index contributed by atoms with van der Waals surface area (Å²) in [4.78, 5) is 14.7. The SMILES string of the molecule is C=S(N)(=O)c1ccc2nc(NC[C@@H](C)CNc3ncc(SC)cn3)sc2c1. The van der Waals surface area contributed by atoms with Crippen LogP contribution in [0.15, 0.2) is 40.4 Å². The minimum atomic E-state index is -2.71. The molecule has 2 aromatic heterocycles. The van der Waals surface area contributed by atoms with Crippen molar-refractivity contribution >= 4 is 60.0 Å². The molecular formula is C17H22N6OS3. The Kier molecular flexibility index (Phi) is 6.20. The molecule has 1 aromatic carbocycles. The summed E-state index contributed by atoms with van der Waals surface area (Å²) in [5.74, 6) is 4.50. The van der Waals surface area contributed by atoms with E-state index in [1.807, 2.05) is 24.7 Å². The molecule has 1 unspecified atom stereocenters. The van der Waals surface area contributed by atoms with Crippen LogP contribution in [0.25, 0.3) is 10.2 Å². The van der Waals surface area contributed by atoms with Crippen molar-refractivity contribution in [1.29, 1.82) is 0 Å². The summed E-state index contributed by atoms with van der Waals surface area (Å²) < 4.78 is 12.8. The van der Waals surface area contributed by atoms with Crippen LogP contribution < -0.4 is 15.8 Å². The van der Waals surface area contributed by atoms with Crippen LogP contribution in [0.3, 0.4) is 0 Å². The third-order valence-corrected chi connectivity index (χ3v) is 6.54. The van der Waals surface area contributed by atoms with E-state index in [0.717, 1.165) is 33.3 Å². The maximum Gasteiger partial charge on any atom is 0.222 e. The summed E-state index contributed by atoms with van der Waals surface area (Å²) in [5.41, 5.74) is 0.850. The molecule has 0 spiro atoms. The Hall–Kier alpha value is -1.88. The maximum absolute atomic E-state index is 11.9. The molecule has 2 heterocycles. The number of nitrogens with one attached hydrogen (secondary N) is 2. The van der Waals surface area contributed by atoms with Crippen LogP contribution in [-0.2, 0) is 9.71 Å². The molecule has 2 atom stereocenters. The number of thioether (sulfide) groups is 1. The van der Waals surface area contributed by atoms with Gasteiger partial charge in [-0.3, -0.25) is 5.14 Å². The third kappa shape index (κ3) is 5.32. The molecule has 3 aromatic rings. The van der Waals surface area contributed by atoms with E-state index in [-0.39, 0.29) is 0 Å². The third-order valence-electron chi connectivity index (χ3n) is 3.83. The topological polar surface area (TPSA) is 106 Å². The zero-order chi connectivity index (χ0) is 19.4. The lowest BCUT2D eigenvalue weighted by Crippen LogP contribution is -2.20. The van der Waals surface area contributed by atoms with E-state index < -0.39 is 9.71 Å². The zero-order valence-electron chi connectivity index (χ0n) is 15.1. The Bertz CT molecular complexity index is 1020. The van der Waals surface area contributed by atoms with Crippen molar-refractivity contribution in [2.24, 2.45) is 11.1 Å². The molecule has 0 bridgehead atoms. The van der Waals surface area contributed by atoms with Crippen molar-refractivity contribution in [3.63, 3.8) is 0 Å². The molecule has 27 heavy (non-hydrogen) atoms. The highest BCUT2D eigenvalue weighted by atomic mass is 32.2. The molecule has 0 saturated heterocycles. The van der Waals surface area contributed by atoms with Crippen molar-refractivity contribution in [2.75, 3.05) is 30.0 Å². The summed E-state index contributed by atoms with van der Waals surface area (Å²) in [6.07, 6.45) is 5.61. The first-order chi connectivity index (χ1) is 12.8. The van der Waals surface area contributed by atoms with Gasteiger partial charge in [0.1, 0.15) is 0 Å². The number of hydrogen-bond donors (Lipinski definition) is 3. The number of benzene rings is 1. The van der Waals surface area contributed by atoms with Gasteiger partial charge < -0.3 is 10.6 Å². The second-order valence-corrected chi connectivity index (χ2v) is 10.0. The number of hydrogen-bond acceptors (Lipinski definition) is 8. The van der Waals surface area contributed by atoms with Crippen molar-refractivity contribution < 1.29 is 4.21 Å². The Balaban J connectivity index is 1.55. The van der Waals surface area contributed by atoms with Crippen LogP contribution in [0.2, 0.25) is 0 Å². The maximum atomic E-state index is 11.9. The number of nitrogens with zero attached hydrogens (tertiary/aromatic N) is 3. The smallest absolute Gasteiger partial charge is 0.222 e. The van der Waals surface area contributed by atoms with Crippen molar-refractivity contribution in [1.82, 2.24) is 15.0 Å². The number of anilines is 2. The summed E-state index contributed by atoms with van der Waals surface area (Å²) in [6.45, 7) is 3.64. The second kappa shape index (κ2) is 8.42. The minimum absolute atomic E-state index is 0.346. The fourth-order valence-corrected chi connectivity index (χ4v) is 4.23. The second-order valence-electron chi connectivity index (χ2n) is 6.19. The van der Waals surface area contributed by atoms with E-state index in [4.69, 9.17) is 5.14 Å². The summed E-state index contributed by atoms with van der Waals surface area (Å²) in [7, 11) is -2.71. The predicted octanol–water partition coefficient (Wildman–Crippen LogP) is 2.92. The van der Waals surface area contributed by atoms with Gasteiger partial charge in [0.2, 0.25) is 5.95 Å². The van der Waals surface area contributed by atoms with Crippen molar-refractivity contribution in [3.05, 3.63) is 30.6 Å². The first-order valence-electron chi connectivity index (χ1n) is 8.24. The highest BCUT2D eigenvalue weighted by molar-refractivity contribution is 7.98. The van der Waals surface area contributed by atoms with Gasteiger partial charge in [0.25, 0.3) is 0 Å². The standard InChI is InChI=1S/C17H22N6OS3/c1-11(7-19-16-20-9-12(25-2)10-21-16)8-22-17-23-14-5-4-13(27(3,18)24)6-15(14)26-17/h4-6,9-11H,3,7-8H2,1-2H3,(H2,18,24)(H,22,23)(H,19,20,21)/t11-,27?/m0/s1. The number of rotatable bonds is 8. The molecule has 0 fully saturated rings. The van der Waals surface area contributed by atoms with Crippen molar-refractivity contribution in [2.45, 2.75) is 16.7 Å². The summed E-state index contributed by atoms with van der Waals surface area (Å²) >= 11 is 3.13. The van der Waals surface area contributed by atoms with Crippen LogP contribution in [0.4, 0.5) is 11.1 Å². The van der Waals surface area contributed by atoms with E-state index in [1.54, 1.807) is 23.9 Å². The highest BCUT2D eigenvalue weighted by Crippen LogP contribution is 2.28. The van der Waals surface area contributed by atoms with E-state index in [0.29, 0.717) is 16.8 Å². The van der Waals surface area contributed by atoms with Gasteiger partial charge in [0, 0.05) is 35.3 Å². The van der Waals surface area contributed by atoms with Gasteiger partial charge in [-0.05, 0) is 36.2 Å². The molecule has 0 radical (unpaired) electrons. The van der Waals surface area contributed by atoms with Gasteiger partial charge >= 0.3 is 0 Å². The molecule has 144 valence electrons. The monoisotopic (exact) mass is 422 g/mol. The summed E-state index contributed by atoms with van der Waals surface area (Å²) in [6, 6.07) is 5.34. The molecule has 0 saturated carbocycles. The molecule has 4 N–H and O–H groups in total. The van der Waals surface area contributed by atoms with Crippen LogP contribution >= 0.6 is 23.1 Å². The quantitative estimate of drug-likeness (QED) is 0.378. The Morgan fingerprint density at radius 3 is 2.67 bits per heavy atom. The number of fused-ring (bicyclic) bond motifs is 1. The molecular weight excluding hydrogens is 400 g/mol. The largest absolute Gasteiger partial charge is 0.361 e. The van der Waals surface area contributed by atoms with Crippen LogP contribution in [0, 0.1) is 5.92 Å². The predicted molar refractivity (Wildman–Crippen MR) is 117 cm³/mol. The lowest BCUT2D eigenvalue weighted by Gasteiger charge is -2.13. The zero-order valence-corrected chi connectivity index (χ0v) is 17.6. The van der Waals surface area contributed by atoms with Gasteiger partial charge in [0.15, 0.2) is 5.13 Å². The molecule has 7 nitrogen and oxygen atoms in total. The van der Waals surface area contributed by atoms with E-state index in [2.05, 4.69) is 38.4 Å². The molecule has 0 aliphatic rings. The molecule has 3 rings (SSSR count). The van der Waals surface area contributed by atoms with Crippen molar-refractivity contribution in [3.8, 4) is 0 Å². The number of nitrogens with two attached hydrogens (primary N) is 1. The Labute approximate surface area is 167 Å². The first-order valence-corrected chi connectivity index (χ1v) is 12.1. The lowest BCUT2D eigenvalue weighted by atomic mass is 10.2. The van der Waals surface area contributed by atoms with Crippen LogP contribution in [0.5, 0.6) is 0 Å². The molecule has 0 aliphatic carbocycles. The van der Waals surface area contributed by atoms with E-state index in [1.165, 1.54) is 11.3 Å². The summed E-state index contributed by atoms with van der Waals surface area (Å²) in [5, 5.41) is 13.0. The lowest BCUT2D eigenvalue weighted by molar-refractivity contribution is 0.645. The fraction of sp³-hybridized carbons (Fsp3) is 0.294. The minimum Gasteiger partial charge on any atom is -0.361 e. The molecule has 0 aliphatic heterocycles. The first kappa shape index (κ1) is 19.9. The van der Waals surface area contributed by atoms with E-state index >= 15 is 0 Å².